The molecule has 0 aliphatic heterocycles. The van der Waals surface area contributed by atoms with Gasteiger partial charge in [-0.15, -0.1) is 24.0 Å². The zero-order chi connectivity index (χ0) is 19.6. The minimum atomic E-state index is -0.461. The molecule has 152 valence electrons. The summed E-state index contributed by atoms with van der Waals surface area (Å²) in [7, 11) is 0. The summed E-state index contributed by atoms with van der Waals surface area (Å²) in [5, 5.41) is 6.37. The van der Waals surface area contributed by atoms with Crippen molar-refractivity contribution in [3.63, 3.8) is 0 Å². The van der Waals surface area contributed by atoms with E-state index < -0.39 is 5.91 Å². The summed E-state index contributed by atoms with van der Waals surface area (Å²) in [5.41, 5.74) is 6.65. The third kappa shape index (κ3) is 8.12. The zero-order valence-corrected chi connectivity index (χ0v) is 18.3. The van der Waals surface area contributed by atoms with E-state index in [1.54, 1.807) is 30.3 Å². The summed E-state index contributed by atoms with van der Waals surface area (Å²) < 4.78 is 18.7. The molecule has 6 nitrogen and oxygen atoms in total. The molecule has 0 aromatic heterocycles. The van der Waals surface area contributed by atoms with Crippen LogP contribution in [-0.2, 0) is 6.54 Å². The molecule has 2 rings (SSSR count). The minimum absolute atomic E-state index is 0. The molecule has 0 aliphatic rings. The molecule has 0 aliphatic carbocycles. The van der Waals surface area contributed by atoms with Crippen LogP contribution in [0.2, 0.25) is 0 Å². The second-order valence-corrected chi connectivity index (χ2v) is 6.02. The largest absolute Gasteiger partial charge is 0.489 e. The monoisotopic (exact) mass is 500 g/mol. The quantitative estimate of drug-likeness (QED) is 0.296. The first-order chi connectivity index (χ1) is 13.0. The summed E-state index contributed by atoms with van der Waals surface area (Å²) >= 11 is 0. The van der Waals surface area contributed by atoms with Gasteiger partial charge in [0.1, 0.15) is 17.7 Å². The molecule has 2 aromatic carbocycles. The van der Waals surface area contributed by atoms with Crippen LogP contribution in [0.5, 0.6) is 5.75 Å². The number of carbonyl (C=O) groups excluding carboxylic acids is 1. The van der Waals surface area contributed by atoms with Gasteiger partial charge in [-0.25, -0.2) is 9.38 Å². The molecule has 0 spiro atoms. The molecule has 0 radical (unpaired) electrons. The fourth-order valence-electron chi connectivity index (χ4n) is 2.36. The lowest BCUT2D eigenvalue weighted by Gasteiger charge is -2.17. The van der Waals surface area contributed by atoms with E-state index in [0.717, 1.165) is 5.56 Å². The van der Waals surface area contributed by atoms with Crippen LogP contribution in [0.25, 0.3) is 0 Å². The number of rotatable bonds is 8. The molecule has 28 heavy (non-hydrogen) atoms. The van der Waals surface area contributed by atoms with Gasteiger partial charge >= 0.3 is 0 Å². The predicted molar refractivity (Wildman–Crippen MR) is 120 cm³/mol. The maximum Gasteiger partial charge on any atom is 0.248 e. The number of carbonyl (C=O) groups is 1. The summed E-state index contributed by atoms with van der Waals surface area (Å²) in [4.78, 5) is 15.8. The molecule has 2 aromatic rings. The van der Waals surface area contributed by atoms with Crippen molar-refractivity contribution >= 4 is 35.8 Å². The number of benzene rings is 2. The van der Waals surface area contributed by atoms with E-state index in [0.29, 0.717) is 36.9 Å². The van der Waals surface area contributed by atoms with Gasteiger partial charge in [0.25, 0.3) is 0 Å². The summed E-state index contributed by atoms with van der Waals surface area (Å²) in [5.74, 6) is 0.486. The zero-order valence-electron chi connectivity index (χ0n) is 15.9. The van der Waals surface area contributed by atoms with Crippen LogP contribution < -0.4 is 21.1 Å². The van der Waals surface area contributed by atoms with Gasteiger partial charge in [0.2, 0.25) is 5.91 Å². The first kappa shape index (κ1) is 23.7. The predicted octanol–water partition coefficient (Wildman–Crippen LogP) is 3.07. The van der Waals surface area contributed by atoms with Gasteiger partial charge in [0.05, 0.1) is 13.1 Å². The van der Waals surface area contributed by atoms with Crippen LogP contribution >= 0.6 is 24.0 Å². The number of amides is 1. The third-order valence-electron chi connectivity index (χ3n) is 3.68. The molecule has 1 amide bonds. The van der Waals surface area contributed by atoms with E-state index >= 15 is 0 Å². The third-order valence-corrected chi connectivity index (χ3v) is 3.68. The first-order valence-corrected chi connectivity index (χ1v) is 8.81. The Hall–Kier alpha value is -2.36. The number of nitrogens with zero attached hydrogens (tertiary/aromatic N) is 1. The topological polar surface area (TPSA) is 88.7 Å². The number of hydrogen-bond acceptors (Lipinski definition) is 3. The van der Waals surface area contributed by atoms with Crippen LogP contribution in [0.3, 0.4) is 0 Å². The van der Waals surface area contributed by atoms with E-state index in [4.69, 9.17) is 10.5 Å². The molecule has 0 saturated heterocycles. The van der Waals surface area contributed by atoms with Gasteiger partial charge < -0.3 is 21.1 Å². The fraction of sp³-hybridized carbons (Fsp3) is 0.300. The van der Waals surface area contributed by atoms with Crippen molar-refractivity contribution in [3.05, 3.63) is 65.5 Å². The number of nitrogens with two attached hydrogens (primary N) is 1. The first-order valence-electron chi connectivity index (χ1n) is 8.81. The van der Waals surface area contributed by atoms with Crippen molar-refractivity contribution in [2.24, 2.45) is 10.7 Å². The van der Waals surface area contributed by atoms with Crippen molar-refractivity contribution in [1.29, 1.82) is 0 Å². The Labute approximate surface area is 181 Å². The maximum atomic E-state index is 12.9. The summed E-state index contributed by atoms with van der Waals surface area (Å²) in [6.45, 7) is 5.52. The Kier molecular flexibility index (Phi) is 10.3. The Morgan fingerprint density at radius 1 is 1.21 bits per heavy atom. The Morgan fingerprint density at radius 2 is 1.93 bits per heavy atom. The molecule has 1 unspecified atom stereocenters. The lowest BCUT2D eigenvalue weighted by atomic mass is 10.1. The van der Waals surface area contributed by atoms with Crippen molar-refractivity contribution in [3.8, 4) is 5.75 Å². The van der Waals surface area contributed by atoms with Crippen LogP contribution in [0.15, 0.2) is 53.5 Å². The van der Waals surface area contributed by atoms with Gasteiger partial charge in [-0.1, -0.05) is 12.1 Å². The summed E-state index contributed by atoms with van der Waals surface area (Å²) in [6, 6.07) is 13.0. The van der Waals surface area contributed by atoms with E-state index in [-0.39, 0.29) is 35.9 Å². The van der Waals surface area contributed by atoms with Gasteiger partial charge in [0.15, 0.2) is 5.96 Å². The molecule has 0 heterocycles. The second kappa shape index (κ2) is 12.2. The van der Waals surface area contributed by atoms with E-state index in [1.807, 2.05) is 19.9 Å². The number of ether oxygens (including phenoxy) is 1. The molecule has 0 bridgehead atoms. The molecule has 0 saturated carbocycles. The van der Waals surface area contributed by atoms with Crippen LogP contribution in [-0.4, -0.2) is 31.1 Å². The Balaban J connectivity index is 0.00000392. The SMILES string of the molecule is CCNC(=NCc1cccc(C(N)=O)c1)NCC(C)Oc1ccc(F)cc1.I. The highest BCUT2D eigenvalue weighted by Gasteiger charge is 2.06. The molecular formula is C20H26FIN4O2. The number of primary amides is 1. The van der Waals surface area contributed by atoms with Gasteiger partial charge in [-0.05, 0) is 55.8 Å². The van der Waals surface area contributed by atoms with Crippen molar-refractivity contribution in [2.75, 3.05) is 13.1 Å². The van der Waals surface area contributed by atoms with Gasteiger partial charge in [-0.2, -0.15) is 0 Å². The molecule has 0 fully saturated rings. The summed E-state index contributed by atoms with van der Waals surface area (Å²) in [6.07, 6.45) is -0.141. The minimum Gasteiger partial charge on any atom is -0.489 e. The number of nitrogens with one attached hydrogen (secondary N) is 2. The number of halogens is 2. The maximum absolute atomic E-state index is 12.9. The lowest BCUT2D eigenvalue weighted by Crippen LogP contribution is -2.41. The van der Waals surface area contributed by atoms with Gasteiger partial charge in [0, 0.05) is 12.1 Å². The average molecular weight is 500 g/mol. The highest BCUT2D eigenvalue weighted by atomic mass is 127. The van der Waals surface area contributed by atoms with E-state index in [9.17, 15) is 9.18 Å². The normalized spacial score (nSPS) is 11.9. The molecule has 4 N–H and O–H groups in total. The standard InChI is InChI=1S/C20H25FN4O2.HI/c1-3-23-20(25-13-15-5-4-6-16(11-15)19(22)26)24-12-14(2)27-18-9-7-17(21)8-10-18;/h4-11,14H,3,12-13H2,1-2H3,(H2,22,26)(H2,23,24,25);1H. The molecule has 8 heteroatoms. The van der Waals surface area contributed by atoms with Crippen LogP contribution in [0.4, 0.5) is 4.39 Å². The lowest BCUT2D eigenvalue weighted by molar-refractivity contribution is 0.1000. The smallest absolute Gasteiger partial charge is 0.248 e. The number of aliphatic imine (C=N–C) groups is 1. The Morgan fingerprint density at radius 3 is 2.57 bits per heavy atom. The van der Waals surface area contributed by atoms with Gasteiger partial charge in [-0.3, -0.25) is 4.79 Å². The van der Waals surface area contributed by atoms with Crippen LogP contribution in [0.1, 0.15) is 29.8 Å². The average Bonchev–Trinajstić information content (AvgIpc) is 2.66. The highest BCUT2D eigenvalue weighted by Crippen LogP contribution is 2.12. The Bertz CT molecular complexity index is 784. The molecule has 1 atom stereocenters. The van der Waals surface area contributed by atoms with E-state index in [1.165, 1.54) is 12.1 Å². The van der Waals surface area contributed by atoms with Crippen molar-refractivity contribution < 1.29 is 13.9 Å². The highest BCUT2D eigenvalue weighted by molar-refractivity contribution is 14.0. The van der Waals surface area contributed by atoms with Crippen molar-refractivity contribution in [2.45, 2.75) is 26.5 Å². The second-order valence-electron chi connectivity index (χ2n) is 6.02. The number of hydrogen-bond donors (Lipinski definition) is 3. The molecular weight excluding hydrogens is 474 g/mol. The number of guanidine groups is 1. The van der Waals surface area contributed by atoms with E-state index in [2.05, 4.69) is 15.6 Å². The fourth-order valence-corrected chi connectivity index (χ4v) is 2.36. The van der Waals surface area contributed by atoms with Crippen LogP contribution in [0, 0.1) is 5.82 Å². The van der Waals surface area contributed by atoms with Crippen molar-refractivity contribution in [1.82, 2.24) is 10.6 Å².